The summed E-state index contributed by atoms with van der Waals surface area (Å²) in [5.41, 5.74) is 0. The molecule has 1 unspecified atom stereocenters. The first kappa shape index (κ1) is 14.1. The van der Waals surface area contributed by atoms with E-state index in [1.54, 1.807) is 0 Å². The molecule has 0 N–H and O–H groups in total. The molecule has 86 valence electrons. The first-order valence-electron chi connectivity index (χ1n) is 5.82. The van der Waals surface area contributed by atoms with Crippen LogP contribution in [0.25, 0.3) is 0 Å². The van der Waals surface area contributed by atoms with E-state index in [9.17, 15) is 9.59 Å². The Hall–Kier alpha value is -0.920. The molecular formula is C13H22O2. The number of rotatable bonds is 7. The van der Waals surface area contributed by atoms with Crippen LogP contribution in [0.5, 0.6) is 0 Å². The summed E-state index contributed by atoms with van der Waals surface area (Å²) in [7, 11) is 0. The third-order valence-corrected chi connectivity index (χ3v) is 2.90. The van der Waals surface area contributed by atoms with Crippen molar-refractivity contribution in [2.24, 2.45) is 11.8 Å². The molecule has 0 aliphatic heterocycles. The summed E-state index contributed by atoms with van der Waals surface area (Å²) >= 11 is 0. The quantitative estimate of drug-likeness (QED) is 0.605. The fourth-order valence-corrected chi connectivity index (χ4v) is 1.36. The number of allylic oxidation sites excluding steroid dienone is 2. The minimum absolute atomic E-state index is 0.0238. The molecule has 0 radical (unpaired) electrons. The third-order valence-electron chi connectivity index (χ3n) is 2.90. The lowest BCUT2D eigenvalue weighted by Gasteiger charge is -2.07. The van der Waals surface area contributed by atoms with Gasteiger partial charge in [-0.15, -0.1) is 0 Å². The lowest BCUT2D eigenvalue weighted by atomic mass is 9.96. The third kappa shape index (κ3) is 4.91. The molecule has 0 aliphatic rings. The van der Waals surface area contributed by atoms with Crippen LogP contribution in [0.3, 0.4) is 0 Å². The lowest BCUT2D eigenvalue weighted by molar-refractivity contribution is -0.120. The van der Waals surface area contributed by atoms with Gasteiger partial charge in [-0.25, -0.2) is 0 Å². The monoisotopic (exact) mass is 210 g/mol. The van der Waals surface area contributed by atoms with Crippen LogP contribution in [0.15, 0.2) is 12.2 Å². The van der Waals surface area contributed by atoms with Crippen molar-refractivity contribution in [3.8, 4) is 0 Å². The molecule has 0 amide bonds. The summed E-state index contributed by atoms with van der Waals surface area (Å²) in [4.78, 5) is 23.0. The summed E-state index contributed by atoms with van der Waals surface area (Å²) in [5, 5.41) is 0. The van der Waals surface area contributed by atoms with Gasteiger partial charge in [0.2, 0.25) is 0 Å². The van der Waals surface area contributed by atoms with Crippen molar-refractivity contribution < 1.29 is 9.59 Å². The average Bonchev–Trinajstić information content (AvgIpc) is 2.26. The maximum absolute atomic E-state index is 11.6. The van der Waals surface area contributed by atoms with Crippen molar-refractivity contribution in [3.63, 3.8) is 0 Å². The average molecular weight is 210 g/mol. The largest absolute Gasteiger partial charge is 0.295 e. The van der Waals surface area contributed by atoms with Crippen LogP contribution in [0, 0.1) is 11.8 Å². The zero-order valence-electron chi connectivity index (χ0n) is 10.2. The van der Waals surface area contributed by atoms with Gasteiger partial charge in [0.05, 0.1) is 0 Å². The van der Waals surface area contributed by atoms with Gasteiger partial charge >= 0.3 is 0 Å². The molecule has 0 spiro atoms. The van der Waals surface area contributed by atoms with Gasteiger partial charge < -0.3 is 0 Å². The molecule has 0 aromatic heterocycles. The highest BCUT2D eigenvalue weighted by Crippen LogP contribution is 2.10. The standard InChI is InChI=1S/C13H22O2/c1-5-10(4)12(14)8-9-13(15)11(6-2)7-3/h8-11H,5-7H2,1-4H3. The molecule has 2 nitrogen and oxygen atoms in total. The molecule has 0 aliphatic carbocycles. The van der Waals surface area contributed by atoms with Crippen LogP contribution in [0.4, 0.5) is 0 Å². The Balaban J connectivity index is 4.27. The Kier molecular flexibility index (Phi) is 6.93. The van der Waals surface area contributed by atoms with Gasteiger partial charge in [0.25, 0.3) is 0 Å². The fourth-order valence-electron chi connectivity index (χ4n) is 1.36. The molecule has 15 heavy (non-hydrogen) atoms. The zero-order valence-corrected chi connectivity index (χ0v) is 10.2. The normalized spacial score (nSPS) is 13.4. The molecule has 0 aromatic rings. The van der Waals surface area contributed by atoms with Gasteiger partial charge in [-0.2, -0.15) is 0 Å². The molecule has 1 atom stereocenters. The summed E-state index contributed by atoms with van der Waals surface area (Å²) in [6.45, 7) is 7.85. The number of hydrogen-bond donors (Lipinski definition) is 0. The van der Waals surface area contributed by atoms with Gasteiger partial charge in [0, 0.05) is 11.8 Å². The molecule has 0 aromatic carbocycles. The van der Waals surface area contributed by atoms with Crippen molar-refractivity contribution in [3.05, 3.63) is 12.2 Å². The van der Waals surface area contributed by atoms with Crippen molar-refractivity contribution in [1.82, 2.24) is 0 Å². The van der Waals surface area contributed by atoms with E-state index in [1.807, 2.05) is 27.7 Å². The maximum Gasteiger partial charge on any atom is 0.158 e. The first-order valence-corrected chi connectivity index (χ1v) is 5.82. The predicted octanol–water partition coefficient (Wildman–Crippen LogP) is 3.16. The number of carbonyl (C=O) groups excluding carboxylic acids is 2. The smallest absolute Gasteiger partial charge is 0.158 e. The van der Waals surface area contributed by atoms with Gasteiger partial charge in [-0.3, -0.25) is 9.59 Å². The number of ketones is 2. The highest BCUT2D eigenvalue weighted by molar-refractivity contribution is 6.00. The summed E-state index contributed by atoms with van der Waals surface area (Å²) in [5.74, 6) is 0.232. The lowest BCUT2D eigenvalue weighted by Crippen LogP contribution is -2.12. The van der Waals surface area contributed by atoms with Gasteiger partial charge in [-0.05, 0) is 31.4 Å². The van der Waals surface area contributed by atoms with E-state index in [4.69, 9.17) is 0 Å². The molecular weight excluding hydrogens is 188 g/mol. The molecule has 0 saturated carbocycles. The van der Waals surface area contributed by atoms with E-state index in [0.717, 1.165) is 19.3 Å². The highest BCUT2D eigenvalue weighted by atomic mass is 16.1. The van der Waals surface area contributed by atoms with Crippen molar-refractivity contribution >= 4 is 11.6 Å². The molecule has 0 rings (SSSR count). The zero-order chi connectivity index (χ0) is 11.8. The molecule has 0 fully saturated rings. The van der Waals surface area contributed by atoms with E-state index < -0.39 is 0 Å². The van der Waals surface area contributed by atoms with Crippen LogP contribution in [0.2, 0.25) is 0 Å². The van der Waals surface area contributed by atoms with Crippen LogP contribution >= 0.6 is 0 Å². The Bertz CT molecular complexity index is 237. The van der Waals surface area contributed by atoms with E-state index in [2.05, 4.69) is 0 Å². The van der Waals surface area contributed by atoms with Crippen molar-refractivity contribution in [1.29, 1.82) is 0 Å². The number of hydrogen-bond acceptors (Lipinski definition) is 2. The minimum atomic E-state index is 0.0238. The Morgan fingerprint density at radius 1 is 0.933 bits per heavy atom. The Morgan fingerprint density at radius 3 is 1.80 bits per heavy atom. The second kappa shape index (κ2) is 7.38. The van der Waals surface area contributed by atoms with E-state index in [-0.39, 0.29) is 23.4 Å². The van der Waals surface area contributed by atoms with Crippen molar-refractivity contribution in [2.75, 3.05) is 0 Å². The van der Waals surface area contributed by atoms with Gasteiger partial charge in [0.1, 0.15) is 0 Å². The highest BCUT2D eigenvalue weighted by Gasteiger charge is 2.12. The Morgan fingerprint density at radius 2 is 1.40 bits per heavy atom. The second-order valence-electron chi connectivity index (χ2n) is 3.96. The van der Waals surface area contributed by atoms with Crippen LogP contribution in [-0.4, -0.2) is 11.6 Å². The number of carbonyl (C=O) groups is 2. The van der Waals surface area contributed by atoms with E-state index in [1.165, 1.54) is 12.2 Å². The Labute approximate surface area is 92.8 Å². The summed E-state index contributed by atoms with van der Waals surface area (Å²) in [6, 6.07) is 0. The summed E-state index contributed by atoms with van der Waals surface area (Å²) < 4.78 is 0. The molecule has 0 saturated heterocycles. The van der Waals surface area contributed by atoms with Crippen LogP contribution < -0.4 is 0 Å². The second-order valence-corrected chi connectivity index (χ2v) is 3.96. The summed E-state index contributed by atoms with van der Waals surface area (Å²) in [6.07, 6.45) is 5.40. The van der Waals surface area contributed by atoms with Gasteiger partial charge in [-0.1, -0.05) is 27.7 Å². The minimum Gasteiger partial charge on any atom is -0.295 e. The molecule has 0 bridgehead atoms. The van der Waals surface area contributed by atoms with E-state index in [0.29, 0.717) is 0 Å². The van der Waals surface area contributed by atoms with Gasteiger partial charge in [0.15, 0.2) is 11.6 Å². The SMILES string of the molecule is CCC(C)C(=O)C=CC(=O)C(CC)CC. The van der Waals surface area contributed by atoms with E-state index >= 15 is 0 Å². The predicted molar refractivity (Wildman–Crippen MR) is 62.7 cm³/mol. The van der Waals surface area contributed by atoms with Crippen LogP contribution in [-0.2, 0) is 9.59 Å². The maximum atomic E-state index is 11.6. The van der Waals surface area contributed by atoms with Crippen LogP contribution in [0.1, 0.15) is 47.0 Å². The topological polar surface area (TPSA) is 34.1 Å². The fraction of sp³-hybridized carbons (Fsp3) is 0.692. The molecule has 0 heterocycles. The molecule has 2 heteroatoms. The van der Waals surface area contributed by atoms with Crippen molar-refractivity contribution in [2.45, 2.75) is 47.0 Å². The first-order chi connectivity index (χ1) is 7.06.